The van der Waals surface area contributed by atoms with Crippen LogP contribution in [0.15, 0.2) is 18.3 Å². The molecule has 1 aromatic heterocycles. The van der Waals surface area contributed by atoms with Crippen LogP contribution >= 0.6 is 0 Å². The zero-order chi connectivity index (χ0) is 13.2. The first kappa shape index (κ1) is 12.5. The van der Waals surface area contributed by atoms with E-state index >= 15 is 0 Å². The van der Waals surface area contributed by atoms with Crippen LogP contribution in [0.5, 0.6) is 5.75 Å². The van der Waals surface area contributed by atoms with Gasteiger partial charge in [0, 0.05) is 16.9 Å². The lowest BCUT2D eigenvalue weighted by molar-refractivity contribution is 0.0965. The van der Waals surface area contributed by atoms with Gasteiger partial charge in [-0.25, -0.2) is 0 Å². The van der Waals surface area contributed by atoms with Gasteiger partial charge >= 0.3 is 0 Å². The predicted octanol–water partition coefficient (Wildman–Crippen LogP) is 2.77. The Morgan fingerprint density at radius 3 is 3.05 bits per heavy atom. The van der Waals surface area contributed by atoms with Gasteiger partial charge in [0.1, 0.15) is 11.9 Å². The highest BCUT2D eigenvalue weighted by atomic mass is 16.5. The van der Waals surface area contributed by atoms with Gasteiger partial charge in [-0.3, -0.25) is 5.10 Å². The maximum absolute atomic E-state index is 6.25. The highest BCUT2D eigenvalue weighted by Crippen LogP contribution is 2.31. The van der Waals surface area contributed by atoms with E-state index in [2.05, 4.69) is 17.1 Å². The number of benzene rings is 1. The molecule has 0 saturated heterocycles. The average Bonchev–Trinajstić information content (AvgIpc) is 2.92. The Morgan fingerprint density at radius 1 is 1.37 bits per heavy atom. The maximum atomic E-state index is 6.25. The van der Waals surface area contributed by atoms with Gasteiger partial charge in [0.05, 0.1) is 11.7 Å². The first-order chi connectivity index (χ1) is 9.29. The van der Waals surface area contributed by atoms with Crippen molar-refractivity contribution in [1.29, 1.82) is 0 Å². The standard InChI is InChI=1S/C15H21N3O/c1-10-12-9-17-18-13(12)6-7-14(10)19-15-5-3-2-4-11(15)8-16/h6-7,9,11,15H,2-5,8,16H2,1H3,(H,17,18)/t11-,15-/m1/s1. The fourth-order valence-electron chi connectivity index (χ4n) is 3.03. The van der Waals surface area contributed by atoms with E-state index in [1.165, 1.54) is 19.3 Å². The zero-order valence-electron chi connectivity index (χ0n) is 11.4. The van der Waals surface area contributed by atoms with Crippen molar-refractivity contribution in [3.63, 3.8) is 0 Å². The summed E-state index contributed by atoms with van der Waals surface area (Å²) < 4.78 is 6.25. The van der Waals surface area contributed by atoms with Crippen molar-refractivity contribution >= 4 is 10.9 Å². The van der Waals surface area contributed by atoms with Crippen LogP contribution in [0, 0.1) is 12.8 Å². The van der Waals surface area contributed by atoms with Crippen LogP contribution in [0.1, 0.15) is 31.2 Å². The normalized spacial score (nSPS) is 23.7. The summed E-state index contributed by atoms with van der Waals surface area (Å²) in [5.74, 6) is 1.47. The molecule has 3 N–H and O–H groups in total. The number of nitrogens with one attached hydrogen (secondary N) is 1. The Kier molecular flexibility index (Phi) is 3.42. The maximum Gasteiger partial charge on any atom is 0.123 e. The van der Waals surface area contributed by atoms with Crippen molar-refractivity contribution in [2.24, 2.45) is 11.7 Å². The van der Waals surface area contributed by atoms with Gasteiger partial charge in [0.25, 0.3) is 0 Å². The molecule has 1 aliphatic rings. The van der Waals surface area contributed by atoms with Crippen molar-refractivity contribution in [1.82, 2.24) is 10.2 Å². The molecule has 0 spiro atoms. The third-order valence-corrected chi connectivity index (χ3v) is 4.26. The number of ether oxygens (including phenoxy) is 1. The number of nitrogens with zero attached hydrogens (tertiary/aromatic N) is 1. The molecule has 1 fully saturated rings. The molecule has 4 heteroatoms. The molecule has 1 saturated carbocycles. The second-order valence-electron chi connectivity index (χ2n) is 5.46. The summed E-state index contributed by atoms with van der Waals surface area (Å²) >= 11 is 0. The largest absolute Gasteiger partial charge is 0.490 e. The fraction of sp³-hybridized carbons (Fsp3) is 0.533. The number of hydrogen-bond acceptors (Lipinski definition) is 3. The average molecular weight is 259 g/mol. The summed E-state index contributed by atoms with van der Waals surface area (Å²) in [5, 5.41) is 8.20. The SMILES string of the molecule is Cc1c(O[C@@H]2CCCC[C@@H]2CN)ccc2[nH]ncc12. The van der Waals surface area contributed by atoms with Gasteiger partial charge in [-0.1, -0.05) is 6.42 Å². The van der Waals surface area contributed by atoms with Gasteiger partial charge < -0.3 is 10.5 Å². The van der Waals surface area contributed by atoms with Gasteiger partial charge in [-0.05, 0) is 44.9 Å². The molecule has 1 aromatic carbocycles. The van der Waals surface area contributed by atoms with E-state index in [4.69, 9.17) is 10.5 Å². The molecule has 3 rings (SSSR count). The highest BCUT2D eigenvalue weighted by molar-refractivity contribution is 5.83. The number of H-pyrrole nitrogens is 1. The molecule has 1 aliphatic carbocycles. The van der Waals surface area contributed by atoms with Crippen molar-refractivity contribution in [2.45, 2.75) is 38.7 Å². The van der Waals surface area contributed by atoms with Crippen LogP contribution in [0.2, 0.25) is 0 Å². The molecule has 19 heavy (non-hydrogen) atoms. The lowest BCUT2D eigenvalue weighted by Gasteiger charge is -2.31. The van der Waals surface area contributed by atoms with Crippen LogP contribution in [0.4, 0.5) is 0 Å². The Bertz CT molecular complexity index is 564. The number of hydrogen-bond donors (Lipinski definition) is 2. The molecule has 0 aliphatic heterocycles. The minimum absolute atomic E-state index is 0.266. The molecule has 1 heterocycles. The minimum Gasteiger partial charge on any atom is -0.490 e. The van der Waals surface area contributed by atoms with Crippen molar-refractivity contribution in [3.05, 3.63) is 23.9 Å². The number of fused-ring (bicyclic) bond motifs is 1. The topological polar surface area (TPSA) is 63.9 Å². The van der Waals surface area contributed by atoms with Gasteiger partial charge in [0.2, 0.25) is 0 Å². The van der Waals surface area contributed by atoms with E-state index in [1.54, 1.807) is 0 Å². The lowest BCUT2D eigenvalue weighted by atomic mass is 9.86. The van der Waals surface area contributed by atoms with Crippen LogP contribution < -0.4 is 10.5 Å². The lowest BCUT2D eigenvalue weighted by Crippen LogP contribution is -2.35. The quantitative estimate of drug-likeness (QED) is 0.890. The molecule has 0 bridgehead atoms. The number of aromatic amines is 1. The number of nitrogens with two attached hydrogens (primary N) is 1. The molecule has 2 aromatic rings. The first-order valence-corrected chi connectivity index (χ1v) is 7.09. The van der Waals surface area contributed by atoms with E-state index in [1.807, 2.05) is 18.3 Å². The summed E-state index contributed by atoms with van der Waals surface area (Å²) in [6.45, 7) is 2.81. The van der Waals surface area contributed by atoms with E-state index in [9.17, 15) is 0 Å². The fourth-order valence-corrected chi connectivity index (χ4v) is 3.03. The number of rotatable bonds is 3. The summed E-state index contributed by atoms with van der Waals surface area (Å²) in [5.41, 5.74) is 8.08. The summed E-state index contributed by atoms with van der Waals surface area (Å²) in [6.07, 6.45) is 6.95. The molecule has 0 amide bonds. The minimum atomic E-state index is 0.266. The second-order valence-corrected chi connectivity index (χ2v) is 5.46. The molecule has 0 unspecified atom stereocenters. The molecule has 0 radical (unpaired) electrons. The Morgan fingerprint density at radius 2 is 2.21 bits per heavy atom. The smallest absolute Gasteiger partial charge is 0.123 e. The highest BCUT2D eigenvalue weighted by Gasteiger charge is 2.26. The number of aromatic nitrogens is 2. The second kappa shape index (κ2) is 5.21. The van der Waals surface area contributed by atoms with E-state index in [0.29, 0.717) is 5.92 Å². The van der Waals surface area contributed by atoms with E-state index in [-0.39, 0.29) is 6.10 Å². The molecular weight excluding hydrogens is 238 g/mol. The first-order valence-electron chi connectivity index (χ1n) is 7.09. The van der Waals surface area contributed by atoms with E-state index < -0.39 is 0 Å². The van der Waals surface area contributed by atoms with Crippen LogP contribution in [-0.2, 0) is 0 Å². The third-order valence-electron chi connectivity index (χ3n) is 4.26. The van der Waals surface area contributed by atoms with Gasteiger partial charge in [-0.15, -0.1) is 0 Å². The number of aryl methyl sites for hydroxylation is 1. The Hall–Kier alpha value is -1.55. The predicted molar refractivity (Wildman–Crippen MR) is 76.3 cm³/mol. The molecular formula is C15H21N3O. The summed E-state index contributed by atoms with van der Waals surface area (Å²) in [7, 11) is 0. The van der Waals surface area contributed by atoms with Gasteiger partial charge in [0.15, 0.2) is 0 Å². The van der Waals surface area contributed by atoms with Gasteiger partial charge in [-0.2, -0.15) is 5.10 Å². The van der Waals surface area contributed by atoms with Crippen LogP contribution in [0.3, 0.4) is 0 Å². The van der Waals surface area contributed by atoms with Crippen molar-refractivity contribution in [2.75, 3.05) is 6.54 Å². The summed E-state index contributed by atoms with van der Waals surface area (Å²) in [6, 6.07) is 4.07. The Balaban J connectivity index is 1.85. The van der Waals surface area contributed by atoms with Crippen molar-refractivity contribution < 1.29 is 4.74 Å². The third kappa shape index (κ3) is 2.32. The zero-order valence-corrected chi connectivity index (χ0v) is 11.4. The molecule has 102 valence electrons. The van der Waals surface area contributed by atoms with Crippen LogP contribution in [-0.4, -0.2) is 22.8 Å². The van der Waals surface area contributed by atoms with E-state index in [0.717, 1.165) is 35.2 Å². The Labute approximate surface area is 113 Å². The summed E-state index contributed by atoms with van der Waals surface area (Å²) in [4.78, 5) is 0. The molecule has 4 nitrogen and oxygen atoms in total. The van der Waals surface area contributed by atoms with Crippen LogP contribution in [0.25, 0.3) is 10.9 Å². The van der Waals surface area contributed by atoms with Crippen molar-refractivity contribution in [3.8, 4) is 5.75 Å². The molecule has 2 atom stereocenters. The monoisotopic (exact) mass is 259 g/mol.